The summed E-state index contributed by atoms with van der Waals surface area (Å²) in [6.07, 6.45) is 2.82. The highest BCUT2D eigenvalue weighted by Crippen LogP contribution is 2.26. The molecule has 1 aromatic carbocycles. The van der Waals surface area contributed by atoms with Gasteiger partial charge in [0.05, 0.1) is 10.0 Å². The number of aliphatic hydroxyl groups excluding tert-OH is 1. The molecule has 17 heavy (non-hydrogen) atoms. The molecule has 0 saturated heterocycles. The van der Waals surface area contributed by atoms with E-state index in [4.69, 9.17) is 28.3 Å². The maximum absolute atomic E-state index is 8.71. The van der Waals surface area contributed by atoms with Crippen LogP contribution in [0.2, 0.25) is 10.0 Å². The Hall–Kier alpha value is -0.280. The first-order chi connectivity index (χ1) is 8.19. The van der Waals surface area contributed by atoms with Gasteiger partial charge in [0.25, 0.3) is 0 Å². The van der Waals surface area contributed by atoms with Crippen molar-refractivity contribution in [2.24, 2.45) is 0 Å². The molecule has 0 fully saturated rings. The van der Waals surface area contributed by atoms with Crippen LogP contribution in [0.3, 0.4) is 0 Å². The summed E-state index contributed by atoms with van der Waals surface area (Å²) >= 11 is 11.9. The van der Waals surface area contributed by atoms with Crippen molar-refractivity contribution in [3.8, 4) is 0 Å². The lowest BCUT2D eigenvalue weighted by Gasteiger charge is -2.17. The summed E-state index contributed by atoms with van der Waals surface area (Å²) in [6.45, 7) is 3.29. The lowest BCUT2D eigenvalue weighted by atomic mass is 10.0. The van der Waals surface area contributed by atoms with Gasteiger partial charge >= 0.3 is 0 Å². The van der Waals surface area contributed by atoms with E-state index >= 15 is 0 Å². The van der Waals surface area contributed by atoms with E-state index in [9.17, 15) is 0 Å². The van der Waals surface area contributed by atoms with Crippen LogP contribution in [0.4, 0.5) is 0 Å². The molecule has 2 N–H and O–H groups in total. The van der Waals surface area contributed by atoms with Gasteiger partial charge in [-0.05, 0) is 43.5 Å². The van der Waals surface area contributed by atoms with E-state index in [1.165, 1.54) is 0 Å². The second kappa shape index (κ2) is 7.93. The number of nitrogens with one attached hydrogen (secondary N) is 1. The van der Waals surface area contributed by atoms with Crippen LogP contribution in [0.5, 0.6) is 0 Å². The molecule has 0 radical (unpaired) electrons. The van der Waals surface area contributed by atoms with Gasteiger partial charge < -0.3 is 10.4 Å². The van der Waals surface area contributed by atoms with Gasteiger partial charge in [0.1, 0.15) is 0 Å². The van der Waals surface area contributed by atoms with Crippen molar-refractivity contribution in [3.05, 3.63) is 33.8 Å². The Morgan fingerprint density at radius 2 is 2.00 bits per heavy atom. The zero-order valence-electron chi connectivity index (χ0n) is 10.0. The summed E-state index contributed by atoms with van der Waals surface area (Å²) in [4.78, 5) is 0. The molecule has 0 amide bonds. The molecule has 1 atom stereocenters. The number of benzene rings is 1. The van der Waals surface area contributed by atoms with E-state index in [0.29, 0.717) is 16.1 Å². The minimum atomic E-state index is 0.255. The predicted molar refractivity (Wildman–Crippen MR) is 73.8 cm³/mol. The third-order valence-electron chi connectivity index (χ3n) is 2.73. The lowest BCUT2D eigenvalue weighted by Crippen LogP contribution is -2.22. The Bertz CT molecular complexity index is 344. The van der Waals surface area contributed by atoms with Crippen molar-refractivity contribution < 1.29 is 5.11 Å². The van der Waals surface area contributed by atoms with Gasteiger partial charge in [-0.2, -0.15) is 0 Å². The first-order valence-corrected chi connectivity index (χ1v) is 6.73. The van der Waals surface area contributed by atoms with E-state index in [1.54, 1.807) is 0 Å². The topological polar surface area (TPSA) is 32.3 Å². The third kappa shape index (κ3) is 4.84. The van der Waals surface area contributed by atoms with Crippen molar-refractivity contribution in [2.45, 2.75) is 32.2 Å². The molecule has 0 aliphatic carbocycles. The minimum Gasteiger partial charge on any atom is -0.396 e. The second-order valence-corrected chi connectivity index (χ2v) is 4.83. The summed E-state index contributed by atoms with van der Waals surface area (Å²) in [6, 6.07) is 6.04. The van der Waals surface area contributed by atoms with E-state index in [2.05, 4.69) is 12.2 Å². The Balaban J connectivity index is 2.56. The molecular weight excluding hydrogens is 257 g/mol. The Morgan fingerprint density at radius 1 is 1.24 bits per heavy atom. The summed E-state index contributed by atoms with van der Waals surface area (Å²) in [5.74, 6) is 0. The van der Waals surface area contributed by atoms with Gasteiger partial charge in [0, 0.05) is 12.6 Å². The van der Waals surface area contributed by atoms with Crippen LogP contribution < -0.4 is 5.32 Å². The van der Waals surface area contributed by atoms with Gasteiger partial charge in [0.15, 0.2) is 0 Å². The van der Waals surface area contributed by atoms with Gasteiger partial charge in [-0.1, -0.05) is 36.2 Å². The molecule has 0 heterocycles. The third-order valence-corrected chi connectivity index (χ3v) is 3.47. The zero-order valence-corrected chi connectivity index (χ0v) is 11.6. The van der Waals surface area contributed by atoms with E-state index < -0.39 is 0 Å². The Kier molecular flexibility index (Phi) is 6.90. The SMILES string of the molecule is CCC(NCCCCO)c1ccc(Cl)c(Cl)c1. The fourth-order valence-electron chi connectivity index (χ4n) is 1.74. The molecule has 1 aromatic rings. The predicted octanol–water partition coefficient (Wildman–Crippen LogP) is 3.81. The largest absolute Gasteiger partial charge is 0.396 e. The van der Waals surface area contributed by atoms with E-state index in [1.807, 2.05) is 18.2 Å². The highest BCUT2D eigenvalue weighted by atomic mass is 35.5. The van der Waals surface area contributed by atoms with Crippen LogP contribution in [0.15, 0.2) is 18.2 Å². The monoisotopic (exact) mass is 275 g/mol. The first kappa shape index (κ1) is 14.8. The summed E-state index contributed by atoms with van der Waals surface area (Å²) in [5, 5.41) is 13.4. The van der Waals surface area contributed by atoms with Crippen LogP contribution in [-0.4, -0.2) is 18.3 Å². The van der Waals surface area contributed by atoms with E-state index in [-0.39, 0.29) is 6.61 Å². The molecule has 4 heteroatoms. The van der Waals surface area contributed by atoms with Crippen LogP contribution >= 0.6 is 23.2 Å². The Morgan fingerprint density at radius 3 is 2.59 bits per heavy atom. The molecule has 96 valence electrons. The quantitative estimate of drug-likeness (QED) is 0.742. The number of rotatable bonds is 7. The number of aliphatic hydroxyl groups is 1. The highest BCUT2D eigenvalue weighted by Gasteiger charge is 2.09. The van der Waals surface area contributed by atoms with Crippen molar-refractivity contribution in [3.63, 3.8) is 0 Å². The molecule has 0 aliphatic rings. The number of hydrogen-bond donors (Lipinski definition) is 2. The molecule has 1 rings (SSSR count). The standard InChI is InChI=1S/C13H19Cl2NO/c1-2-13(16-7-3-4-8-17)10-5-6-11(14)12(15)9-10/h5-6,9,13,16-17H,2-4,7-8H2,1H3. The fraction of sp³-hybridized carbons (Fsp3) is 0.538. The summed E-state index contributed by atoms with van der Waals surface area (Å²) < 4.78 is 0. The molecule has 0 saturated carbocycles. The number of hydrogen-bond acceptors (Lipinski definition) is 2. The highest BCUT2D eigenvalue weighted by molar-refractivity contribution is 6.42. The van der Waals surface area contributed by atoms with Crippen LogP contribution in [0, 0.1) is 0 Å². The maximum atomic E-state index is 8.71. The van der Waals surface area contributed by atoms with Crippen LogP contribution in [-0.2, 0) is 0 Å². The van der Waals surface area contributed by atoms with E-state index in [0.717, 1.165) is 31.4 Å². The van der Waals surface area contributed by atoms with Crippen molar-refractivity contribution >= 4 is 23.2 Å². The average Bonchev–Trinajstić information content (AvgIpc) is 2.33. The molecule has 0 bridgehead atoms. The summed E-state index contributed by atoms with van der Waals surface area (Å²) in [5.41, 5.74) is 1.16. The summed E-state index contributed by atoms with van der Waals surface area (Å²) in [7, 11) is 0. The van der Waals surface area contributed by atoms with Crippen LogP contribution in [0.1, 0.15) is 37.8 Å². The molecule has 1 unspecified atom stereocenters. The second-order valence-electron chi connectivity index (χ2n) is 4.02. The molecule has 0 aliphatic heterocycles. The Labute approximate surface area is 113 Å². The molecular formula is C13H19Cl2NO. The number of halogens is 2. The van der Waals surface area contributed by atoms with Gasteiger partial charge in [0.2, 0.25) is 0 Å². The maximum Gasteiger partial charge on any atom is 0.0595 e. The average molecular weight is 276 g/mol. The van der Waals surface area contributed by atoms with Gasteiger partial charge in [-0.25, -0.2) is 0 Å². The lowest BCUT2D eigenvalue weighted by molar-refractivity contribution is 0.282. The zero-order chi connectivity index (χ0) is 12.7. The van der Waals surface area contributed by atoms with Crippen molar-refractivity contribution in [1.82, 2.24) is 5.32 Å². The first-order valence-electron chi connectivity index (χ1n) is 5.98. The molecule has 2 nitrogen and oxygen atoms in total. The van der Waals surface area contributed by atoms with Gasteiger partial charge in [-0.3, -0.25) is 0 Å². The van der Waals surface area contributed by atoms with Crippen LogP contribution in [0.25, 0.3) is 0 Å². The van der Waals surface area contributed by atoms with Crippen molar-refractivity contribution in [2.75, 3.05) is 13.2 Å². The van der Waals surface area contributed by atoms with Gasteiger partial charge in [-0.15, -0.1) is 0 Å². The van der Waals surface area contributed by atoms with Crippen molar-refractivity contribution in [1.29, 1.82) is 0 Å². The smallest absolute Gasteiger partial charge is 0.0595 e. The molecule has 0 spiro atoms. The number of unbranched alkanes of at least 4 members (excludes halogenated alkanes) is 1. The minimum absolute atomic E-state index is 0.255. The normalized spacial score (nSPS) is 12.7. The molecule has 0 aromatic heterocycles. The fourth-order valence-corrected chi connectivity index (χ4v) is 2.05.